The number of hydrogen-bond acceptors (Lipinski definition) is 3. The summed E-state index contributed by atoms with van der Waals surface area (Å²) >= 11 is 0. The Balaban J connectivity index is 2.47. The Kier molecular flexibility index (Phi) is 1.62. The second kappa shape index (κ2) is 2.95. The molecule has 1 aromatic carbocycles. The Morgan fingerprint density at radius 3 is 3.13 bits per heavy atom. The second-order valence-corrected chi connectivity index (χ2v) is 3.32. The largest absolute Gasteiger partial charge is 0.482 e. The number of aromatic amines is 1. The predicted molar refractivity (Wildman–Crippen MR) is 57.9 cm³/mol. The number of methoxy groups -OCH3 is 1. The summed E-state index contributed by atoms with van der Waals surface area (Å²) in [6.07, 6.45) is 3.36. The Bertz CT molecular complexity index is 630. The monoisotopic (exact) mass is 199 g/mol. The number of nitrogens with zero attached hydrogens (tertiary/aromatic N) is 2. The maximum Gasteiger partial charge on any atom is 0.191 e. The first kappa shape index (κ1) is 8.23. The van der Waals surface area contributed by atoms with Gasteiger partial charge in [0.15, 0.2) is 5.88 Å². The van der Waals surface area contributed by atoms with Crippen LogP contribution in [0.2, 0.25) is 0 Å². The van der Waals surface area contributed by atoms with Gasteiger partial charge in [0.1, 0.15) is 6.33 Å². The second-order valence-electron chi connectivity index (χ2n) is 3.32. The molecular weight excluding hydrogens is 190 g/mol. The zero-order chi connectivity index (χ0) is 10.3. The minimum Gasteiger partial charge on any atom is -0.482 e. The molecule has 0 saturated carbocycles. The van der Waals surface area contributed by atoms with E-state index in [0.717, 1.165) is 27.7 Å². The van der Waals surface area contributed by atoms with Crippen molar-refractivity contribution in [2.75, 3.05) is 7.11 Å². The molecule has 4 heteroatoms. The summed E-state index contributed by atoms with van der Waals surface area (Å²) in [5.74, 6) is 0.751. The van der Waals surface area contributed by atoms with Gasteiger partial charge in [0, 0.05) is 23.0 Å². The molecule has 0 unspecified atom stereocenters. The van der Waals surface area contributed by atoms with Crippen molar-refractivity contribution in [2.45, 2.75) is 0 Å². The van der Waals surface area contributed by atoms with Crippen LogP contribution in [0.1, 0.15) is 0 Å². The number of benzene rings is 1. The molecule has 0 fully saturated rings. The van der Waals surface area contributed by atoms with Crippen molar-refractivity contribution < 1.29 is 4.74 Å². The standard InChI is InChI=1S/C11H9N3O/c1-15-10-4-7-2-3-9-8(11(7)14-10)5-12-6-13-9/h2-6,14H,1H3. The number of hydrogen-bond donors (Lipinski definition) is 1. The lowest BCUT2D eigenvalue weighted by Gasteiger charge is -1.96. The van der Waals surface area contributed by atoms with Gasteiger partial charge in [-0.05, 0) is 6.07 Å². The quantitative estimate of drug-likeness (QED) is 0.653. The first-order valence-electron chi connectivity index (χ1n) is 4.64. The molecule has 0 radical (unpaired) electrons. The van der Waals surface area contributed by atoms with Crippen LogP contribution in [0.15, 0.2) is 30.7 Å². The number of nitrogens with one attached hydrogen (secondary N) is 1. The van der Waals surface area contributed by atoms with Crippen LogP contribution in [0.25, 0.3) is 21.8 Å². The van der Waals surface area contributed by atoms with Gasteiger partial charge in [-0.1, -0.05) is 6.07 Å². The summed E-state index contributed by atoms with van der Waals surface area (Å²) in [6.45, 7) is 0. The molecule has 0 aliphatic rings. The van der Waals surface area contributed by atoms with Gasteiger partial charge in [-0.3, -0.25) is 0 Å². The summed E-state index contributed by atoms with van der Waals surface area (Å²) in [5.41, 5.74) is 1.95. The zero-order valence-electron chi connectivity index (χ0n) is 8.19. The van der Waals surface area contributed by atoms with E-state index in [1.165, 1.54) is 0 Å². The molecular formula is C11H9N3O. The van der Waals surface area contributed by atoms with Crippen molar-refractivity contribution in [3.63, 3.8) is 0 Å². The van der Waals surface area contributed by atoms with Gasteiger partial charge in [-0.2, -0.15) is 0 Å². The first-order chi connectivity index (χ1) is 7.38. The number of aromatic nitrogens is 3. The van der Waals surface area contributed by atoms with E-state index in [1.807, 2.05) is 18.2 Å². The molecule has 3 rings (SSSR count). The predicted octanol–water partition coefficient (Wildman–Crippen LogP) is 2.12. The Morgan fingerprint density at radius 1 is 1.33 bits per heavy atom. The molecule has 2 aromatic heterocycles. The van der Waals surface area contributed by atoms with Crippen LogP contribution in [0.5, 0.6) is 5.88 Å². The highest BCUT2D eigenvalue weighted by molar-refractivity contribution is 6.04. The molecule has 15 heavy (non-hydrogen) atoms. The highest BCUT2D eigenvalue weighted by Crippen LogP contribution is 2.26. The van der Waals surface area contributed by atoms with E-state index < -0.39 is 0 Å². The molecule has 0 aliphatic carbocycles. The molecule has 0 spiro atoms. The minimum absolute atomic E-state index is 0.751. The van der Waals surface area contributed by atoms with Crippen LogP contribution in [-0.2, 0) is 0 Å². The molecule has 0 bridgehead atoms. The third kappa shape index (κ3) is 1.15. The smallest absolute Gasteiger partial charge is 0.191 e. The number of rotatable bonds is 1. The fourth-order valence-corrected chi connectivity index (χ4v) is 1.74. The van der Waals surface area contributed by atoms with Gasteiger partial charge < -0.3 is 9.72 Å². The Morgan fingerprint density at radius 2 is 2.27 bits per heavy atom. The number of H-pyrrole nitrogens is 1. The van der Waals surface area contributed by atoms with Crippen molar-refractivity contribution in [3.8, 4) is 5.88 Å². The maximum atomic E-state index is 5.15. The van der Waals surface area contributed by atoms with E-state index in [4.69, 9.17) is 4.74 Å². The average molecular weight is 199 g/mol. The summed E-state index contributed by atoms with van der Waals surface area (Å²) in [6, 6.07) is 5.96. The van der Waals surface area contributed by atoms with E-state index in [2.05, 4.69) is 15.0 Å². The van der Waals surface area contributed by atoms with Gasteiger partial charge in [0.05, 0.1) is 18.1 Å². The molecule has 0 saturated heterocycles. The summed E-state index contributed by atoms with van der Waals surface area (Å²) < 4.78 is 5.15. The molecule has 0 amide bonds. The van der Waals surface area contributed by atoms with Crippen LogP contribution in [0, 0.1) is 0 Å². The van der Waals surface area contributed by atoms with Crippen molar-refractivity contribution in [1.29, 1.82) is 0 Å². The topological polar surface area (TPSA) is 50.8 Å². The van der Waals surface area contributed by atoms with Gasteiger partial charge in [-0.25, -0.2) is 9.97 Å². The Hall–Kier alpha value is -2.10. The highest BCUT2D eigenvalue weighted by Gasteiger charge is 2.05. The number of fused-ring (bicyclic) bond motifs is 3. The van der Waals surface area contributed by atoms with Crippen LogP contribution in [0.4, 0.5) is 0 Å². The van der Waals surface area contributed by atoms with Gasteiger partial charge in [-0.15, -0.1) is 0 Å². The third-order valence-electron chi connectivity index (χ3n) is 2.48. The first-order valence-corrected chi connectivity index (χ1v) is 4.64. The van der Waals surface area contributed by atoms with Crippen LogP contribution >= 0.6 is 0 Å². The molecule has 3 aromatic rings. The Labute approximate surface area is 85.9 Å². The maximum absolute atomic E-state index is 5.15. The average Bonchev–Trinajstić information content (AvgIpc) is 2.72. The fourth-order valence-electron chi connectivity index (χ4n) is 1.74. The molecule has 0 aliphatic heterocycles. The lowest BCUT2D eigenvalue weighted by molar-refractivity contribution is 0.401. The van der Waals surface area contributed by atoms with Crippen LogP contribution < -0.4 is 4.74 Å². The van der Waals surface area contributed by atoms with E-state index in [0.29, 0.717) is 0 Å². The van der Waals surface area contributed by atoms with Crippen molar-refractivity contribution in [2.24, 2.45) is 0 Å². The van der Waals surface area contributed by atoms with Gasteiger partial charge in [0.2, 0.25) is 0 Å². The molecule has 4 nitrogen and oxygen atoms in total. The summed E-state index contributed by atoms with van der Waals surface area (Å²) in [5, 5.41) is 2.12. The van der Waals surface area contributed by atoms with Crippen LogP contribution in [-0.4, -0.2) is 22.1 Å². The highest BCUT2D eigenvalue weighted by atomic mass is 16.5. The van der Waals surface area contributed by atoms with Gasteiger partial charge >= 0.3 is 0 Å². The summed E-state index contributed by atoms with van der Waals surface area (Å²) in [4.78, 5) is 11.4. The molecule has 74 valence electrons. The summed E-state index contributed by atoms with van der Waals surface area (Å²) in [7, 11) is 1.64. The normalized spacial score (nSPS) is 11.0. The third-order valence-corrected chi connectivity index (χ3v) is 2.48. The van der Waals surface area contributed by atoms with E-state index in [1.54, 1.807) is 19.6 Å². The van der Waals surface area contributed by atoms with Gasteiger partial charge in [0.25, 0.3) is 0 Å². The molecule has 1 N–H and O–H groups in total. The van der Waals surface area contributed by atoms with E-state index >= 15 is 0 Å². The SMILES string of the molecule is COc1cc2ccc3ncncc3c2[nH]1. The van der Waals surface area contributed by atoms with E-state index in [-0.39, 0.29) is 0 Å². The molecule has 0 atom stereocenters. The lowest BCUT2D eigenvalue weighted by atomic mass is 10.2. The van der Waals surface area contributed by atoms with Crippen molar-refractivity contribution in [3.05, 3.63) is 30.7 Å². The van der Waals surface area contributed by atoms with Crippen LogP contribution in [0.3, 0.4) is 0 Å². The fraction of sp³-hybridized carbons (Fsp3) is 0.0909. The minimum atomic E-state index is 0.751. The molecule has 2 heterocycles. The van der Waals surface area contributed by atoms with Crippen molar-refractivity contribution >= 4 is 21.8 Å². The van der Waals surface area contributed by atoms with E-state index in [9.17, 15) is 0 Å². The lowest BCUT2D eigenvalue weighted by Crippen LogP contribution is -1.82. The zero-order valence-corrected chi connectivity index (χ0v) is 8.19. The van der Waals surface area contributed by atoms with Crippen molar-refractivity contribution in [1.82, 2.24) is 15.0 Å². The number of ether oxygens (including phenoxy) is 1.